The van der Waals surface area contributed by atoms with Gasteiger partial charge in [-0.15, -0.1) is 0 Å². The van der Waals surface area contributed by atoms with Crippen molar-refractivity contribution in [2.75, 3.05) is 0 Å². The van der Waals surface area contributed by atoms with Gasteiger partial charge in [0, 0.05) is 7.05 Å². The Morgan fingerprint density at radius 1 is 1.50 bits per heavy atom. The van der Waals surface area contributed by atoms with Gasteiger partial charge >= 0.3 is 0 Å². The molecule has 1 heterocycles. The maximum absolute atomic E-state index is 11.0. The first kappa shape index (κ1) is 15.1. The van der Waals surface area contributed by atoms with E-state index in [4.69, 9.17) is 16.3 Å². The molecule has 0 fully saturated rings. The summed E-state index contributed by atoms with van der Waals surface area (Å²) in [5.41, 5.74) is 2.31. The second-order valence-corrected chi connectivity index (χ2v) is 5.45. The zero-order chi connectivity index (χ0) is 14.7. The molecule has 2 aromatic rings. The molecular weight excluding hydrogens is 344 g/mol. The van der Waals surface area contributed by atoms with E-state index in [0.29, 0.717) is 16.3 Å². The second-order valence-electron chi connectivity index (χ2n) is 4.25. The van der Waals surface area contributed by atoms with Crippen molar-refractivity contribution in [3.8, 4) is 5.75 Å². The first-order valence-corrected chi connectivity index (χ1v) is 7.32. The number of carbonyl (C=O) groups excluding carboxylic acids is 1. The molecule has 0 radical (unpaired) electrons. The Hall–Kier alpha value is -1.33. The van der Waals surface area contributed by atoms with E-state index in [1.54, 1.807) is 22.9 Å². The van der Waals surface area contributed by atoms with Crippen molar-refractivity contribution in [3.63, 3.8) is 0 Å². The Morgan fingerprint density at radius 3 is 2.85 bits per heavy atom. The molecule has 0 aliphatic heterocycles. The van der Waals surface area contributed by atoms with Crippen molar-refractivity contribution >= 4 is 33.8 Å². The zero-order valence-electron chi connectivity index (χ0n) is 11.2. The van der Waals surface area contributed by atoms with Gasteiger partial charge in [0.25, 0.3) is 0 Å². The van der Waals surface area contributed by atoms with Crippen molar-refractivity contribution in [2.45, 2.75) is 20.0 Å². The predicted molar refractivity (Wildman–Crippen MR) is 81.5 cm³/mol. The summed E-state index contributed by atoms with van der Waals surface area (Å²) in [4.78, 5) is 11.0. The molecule has 0 unspecified atom stereocenters. The summed E-state index contributed by atoms with van der Waals surface area (Å²) in [6.45, 7) is 2.32. The molecule has 6 heteroatoms. The number of benzene rings is 1. The molecule has 1 aromatic heterocycles. The number of aldehydes is 1. The van der Waals surface area contributed by atoms with Gasteiger partial charge in [-0.25, -0.2) is 0 Å². The first-order chi connectivity index (χ1) is 9.58. The minimum absolute atomic E-state index is 0.286. The number of aryl methyl sites for hydroxylation is 2. The normalized spacial score (nSPS) is 10.6. The lowest BCUT2D eigenvalue weighted by molar-refractivity contribution is 0.111. The van der Waals surface area contributed by atoms with E-state index in [1.165, 1.54) is 0 Å². The van der Waals surface area contributed by atoms with Gasteiger partial charge in [-0.05, 0) is 34.5 Å². The van der Waals surface area contributed by atoms with Crippen molar-refractivity contribution in [2.24, 2.45) is 7.05 Å². The monoisotopic (exact) mass is 356 g/mol. The largest absolute Gasteiger partial charge is 0.485 e. The summed E-state index contributed by atoms with van der Waals surface area (Å²) < 4.78 is 8.41. The van der Waals surface area contributed by atoms with Gasteiger partial charge < -0.3 is 4.74 Å². The number of hydrogen-bond donors (Lipinski definition) is 0. The minimum Gasteiger partial charge on any atom is -0.485 e. The highest BCUT2D eigenvalue weighted by atomic mass is 79.9. The molecule has 0 bridgehead atoms. The fraction of sp³-hybridized carbons (Fsp3) is 0.286. The van der Waals surface area contributed by atoms with Crippen LogP contribution in [0, 0.1) is 0 Å². The van der Waals surface area contributed by atoms with Gasteiger partial charge in [0.1, 0.15) is 12.4 Å². The van der Waals surface area contributed by atoms with Crippen LogP contribution in [0.15, 0.2) is 22.7 Å². The summed E-state index contributed by atoms with van der Waals surface area (Å²) in [7, 11) is 1.86. The van der Waals surface area contributed by atoms with Crippen LogP contribution in [0.5, 0.6) is 5.75 Å². The fourth-order valence-electron chi connectivity index (χ4n) is 1.89. The quantitative estimate of drug-likeness (QED) is 0.765. The number of hydrogen-bond acceptors (Lipinski definition) is 3. The standard InChI is InChI=1S/C14H14BrClN2O2/c1-3-11-13(15)12(18(2)17-11)8-20-14-9(7-19)5-4-6-10(14)16/h4-7H,3,8H2,1-2H3. The van der Waals surface area contributed by atoms with Crippen molar-refractivity contribution in [3.05, 3.63) is 44.6 Å². The summed E-state index contributed by atoms with van der Waals surface area (Å²) >= 11 is 9.59. The van der Waals surface area contributed by atoms with Gasteiger partial charge in [-0.1, -0.05) is 24.6 Å². The third kappa shape index (κ3) is 2.88. The number of rotatable bonds is 5. The van der Waals surface area contributed by atoms with Crippen LogP contribution < -0.4 is 4.74 Å². The minimum atomic E-state index is 0.286. The van der Waals surface area contributed by atoms with Crippen LogP contribution in [0.3, 0.4) is 0 Å². The number of ether oxygens (including phenoxy) is 1. The maximum Gasteiger partial charge on any atom is 0.153 e. The van der Waals surface area contributed by atoms with Gasteiger partial charge in [-0.2, -0.15) is 5.10 Å². The summed E-state index contributed by atoms with van der Waals surface area (Å²) in [5, 5.41) is 4.81. The third-order valence-electron chi connectivity index (χ3n) is 2.98. The fourth-order valence-corrected chi connectivity index (χ4v) is 2.85. The van der Waals surface area contributed by atoms with Gasteiger partial charge in [-0.3, -0.25) is 9.48 Å². The van der Waals surface area contributed by atoms with Crippen LogP contribution in [-0.4, -0.2) is 16.1 Å². The summed E-state index contributed by atoms with van der Waals surface area (Å²) in [6.07, 6.45) is 1.57. The molecule has 0 saturated heterocycles. The number of para-hydroxylation sites is 1. The lowest BCUT2D eigenvalue weighted by atomic mass is 10.2. The van der Waals surface area contributed by atoms with E-state index in [-0.39, 0.29) is 6.61 Å². The topological polar surface area (TPSA) is 44.1 Å². The van der Waals surface area contributed by atoms with Crippen LogP contribution in [0.2, 0.25) is 5.02 Å². The molecule has 4 nitrogen and oxygen atoms in total. The molecular formula is C14H14BrClN2O2. The highest BCUT2D eigenvalue weighted by molar-refractivity contribution is 9.10. The van der Waals surface area contributed by atoms with Crippen molar-refractivity contribution < 1.29 is 9.53 Å². The van der Waals surface area contributed by atoms with E-state index < -0.39 is 0 Å². The number of aromatic nitrogens is 2. The molecule has 0 amide bonds. The van der Waals surface area contributed by atoms with Crippen LogP contribution >= 0.6 is 27.5 Å². The van der Waals surface area contributed by atoms with Crippen LogP contribution in [-0.2, 0) is 20.1 Å². The van der Waals surface area contributed by atoms with E-state index in [0.717, 1.165) is 28.6 Å². The summed E-state index contributed by atoms with van der Waals surface area (Å²) in [5.74, 6) is 0.398. The molecule has 106 valence electrons. The first-order valence-electron chi connectivity index (χ1n) is 6.15. The predicted octanol–water partition coefficient (Wildman–Crippen LogP) is 3.79. The zero-order valence-corrected chi connectivity index (χ0v) is 13.5. The van der Waals surface area contributed by atoms with Crippen molar-refractivity contribution in [1.82, 2.24) is 9.78 Å². The Morgan fingerprint density at radius 2 is 2.25 bits per heavy atom. The third-order valence-corrected chi connectivity index (χ3v) is 4.19. The SMILES string of the molecule is CCc1nn(C)c(COc2c(Cl)cccc2C=O)c1Br. The number of nitrogens with zero attached hydrogens (tertiary/aromatic N) is 2. The second kappa shape index (κ2) is 6.41. The molecule has 2 rings (SSSR count). The maximum atomic E-state index is 11.0. The summed E-state index contributed by atoms with van der Waals surface area (Å²) in [6, 6.07) is 5.08. The van der Waals surface area contributed by atoms with Gasteiger partial charge in [0.05, 0.1) is 26.4 Å². The van der Waals surface area contributed by atoms with Crippen LogP contribution in [0.4, 0.5) is 0 Å². The number of carbonyl (C=O) groups is 1. The smallest absolute Gasteiger partial charge is 0.153 e. The van der Waals surface area contributed by atoms with Crippen molar-refractivity contribution in [1.29, 1.82) is 0 Å². The molecule has 0 atom stereocenters. The molecule has 0 aliphatic rings. The van der Waals surface area contributed by atoms with Gasteiger partial charge in [0.2, 0.25) is 0 Å². The Kier molecular flexibility index (Phi) is 4.83. The molecule has 1 aromatic carbocycles. The lowest BCUT2D eigenvalue weighted by Crippen LogP contribution is -2.05. The molecule has 0 aliphatic carbocycles. The average Bonchev–Trinajstić information content (AvgIpc) is 2.72. The lowest BCUT2D eigenvalue weighted by Gasteiger charge is -2.10. The Labute approximate surface area is 130 Å². The highest BCUT2D eigenvalue weighted by Crippen LogP contribution is 2.29. The molecule has 0 spiro atoms. The van der Waals surface area contributed by atoms with E-state index >= 15 is 0 Å². The van der Waals surface area contributed by atoms with E-state index in [2.05, 4.69) is 21.0 Å². The molecule has 0 saturated carbocycles. The van der Waals surface area contributed by atoms with Crippen LogP contribution in [0.25, 0.3) is 0 Å². The molecule has 0 N–H and O–H groups in total. The number of halogens is 2. The Balaban J connectivity index is 2.26. The average molecular weight is 358 g/mol. The Bertz CT molecular complexity index is 640. The van der Waals surface area contributed by atoms with Crippen LogP contribution in [0.1, 0.15) is 28.7 Å². The highest BCUT2D eigenvalue weighted by Gasteiger charge is 2.15. The van der Waals surface area contributed by atoms with E-state index in [9.17, 15) is 4.79 Å². The van der Waals surface area contributed by atoms with E-state index in [1.807, 2.05) is 14.0 Å². The van der Waals surface area contributed by atoms with Gasteiger partial charge in [0.15, 0.2) is 6.29 Å². The molecule has 20 heavy (non-hydrogen) atoms.